The summed E-state index contributed by atoms with van der Waals surface area (Å²) in [6.07, 6.45) is 2.99. The zero-order valence-corrected chi connectivity index (χ0v) is 16.9. The van der Waals surface area contributed by atoms with Crippen molar-refractivity contribution in [1.29, 1.82) is 0 Å². The van der Waals surface area contributed by atoms with Crippen molar-refractivity contribution >= 4 is 23.4 Å². The van der Waals surface area contributed by atoms with Crippen LogP contribution in [0.2, 0.25) is 0 Å². The molecule has 0 saturated carbocycles. The molecule has 0 unspecified atom stereocenters. The van der Waals surface area contributed by atoms with E-state index in [1.54, 1.807) is 7.11 Å². The van der Waals surface area contributed by atoms with Crippen molar-refractivity contribution in [3.05, 3.63) is 65.4 Å². The summed E-state index contributed by atoms with van der Waals surface area (Å²) >= 11 is 0. The molecule has 0 atom stereocenters. The van der Waals surface area contributed by atoms with Gasteiger partial charge in [0.1, 0.15) is 17.1 Å². The molecule has 28 heavy (non-hydrogen) atoms. The molecular weight excluding hydrogens is 378 g/mol. The minimum absolute atomic E-state index is 0. The average Bonchev–Trinajstić information content (AvgIpc) is 3.13. The lowest BCUT2D eigenvalue weighted by Crippen LogP contribution is -2.47. The summed E-state index contributed by atoms with van der Waals surface area (Å²) in [4.78, 5) is 0. The molecule has 1 aromatic heterocycles. The molecule has 3 rings (SSSR count). The summed E-state index contributed by atoms with van der Waals surface area (Å²) in [6, 6.07) is 16.3. The van der Waals surface area contributed by atoms with Gasteiger partial charge in [0, 0.05) is 17.9 Å². The Kier molecular flexibility index (Phi) is 7.89. The lowest BCUT2D eigenvalue weighted by molar-refractivity contribution is 0.115. The van der Waals surface area contributed by atoms with E-state index in [4.69, 9.17) is 14.9 Å². The van der Waals surface area contributed by atoms with E-state index in [0.717, 1.165) is 47.3 Å². The highest BCUT2D eigenvalue weighted by Gasteiger charge is 2.22. The third-order valence-corrected chi connectivity index (χ3v) is 5.00. The zero-order chi connectivity index (χ0) is 19.3. The van der Waals surface area contributed by atoms with Crippen LogP contribution in [0.4, 0.5) is 0 Å². The normalized spacial score (nSPS) is 11.4. The van der Waals surface area contributed by atoms with E-state index in [0.29, 0.717) is 6.42 Å². The van der Waals surface area contributed by atoms with Crippen molar-refractivity contribution in [2.75, 3.05) is 20.3 Å². The summed E-state index contributed by atoms with van der Waals surface area (Å²) in [5.41, 5.74) is 8.23. The van der Waals surface area contributed by atoms with Crippen molar-refractivity contribution in [1.82, 2.24) is 0 Å². The fraction of sp³-hybridized carbons (Fsp3) is 0.364. The van der Waals surface area contributed by atoms with Crippen molar-refractivity contribution in [2.45, 2.75) is 31.2 Å². The summed E-state index contributed by atoms with van der Waals surface area (Å²) in [6.45, 7) is -0.435. The summed E-state index contributed by atoms with van der Waals surface area (Å²) in [5.74, 6) is 1.75. The van der Waals surface area contributed by atoms with Gasteiger partial charge in [-0.2, -0.15) is 0 Å². The molecule has 5 nitrogen and oxygen atoms in total. The van der Waals surface area contributed by atoms with Crippen molar-refractivity contribution in [3.63, 3.8) is 0 Å². The number of furan rings is 1. The van der Waals surface area contributed by atoms with E-state index >= 15 is 0 Å². The van der Waals surface area contributed by atoms with E-state index in [-0.39, 0.29) is 25.6 Å². The Morgan fingerprint density at radius 2 is 1.57 bits per heavy atom. The highest BCUT2D eigenvalue weighted by atomic mass is 35.5. The van der Waals surface area contributed by atoms with Crippen molar-refractivity contribution in [2.24, 2.45) is 5.73 Å². The van der Waals surface area contributed by atoms with Crippen molar-refractivity contribution < 1.29 is 19.4 Å². The number of halogens is 1. The largest absolute Gasteiger partial charge is 0.497 e. The molecule has 6 heteroatoms. The van der Waals surface area contributed by atoms with Gasteiger partial charge in [0.15, 0.2) is 0 Å². The van der Waals surface area contributed by atoms with Gasteiger partial charge in [0.25, 0.3) is 0 Å². The van der Waals surface area contributed by atoms with Crippen LogP contribution in [-0.4, -0.2) is 36.1 Å². The lowest BCUT2D eigenvalue weighted by Gasteiger charge is -2.24. The first-order chi connectivity index (χ1) is 13.0. The number of aliphatic hydroxyl groups is 2. The van der Waals surface area contributed by atoms with Gasteiger partial charge in [-0.15, -0.1) is 12.4 Å². The molecule has 2 aromatic carbocycles. The Labute approximate surface area is 171 Å². The van der Waals surface area contributed by atoms with E-state index < -0.39 is 5.54 Å². The SMILES string of the molecule is COc1ccc2cc(CCc3ccc(CCC(N)(CO)CO)cc3)oc2c1.Cl. The first kappa shape index (κ1) is 22.2. The summed E-state index contributed by atoms with van der Waals surface area (Å²) in [7, 11) is 1.65. The number of nitrogens with two attached hydrogens (primary N) is 1. The van der Waals surface area contributed by atoms with Crippen LogP contribution < -0.4 is 10.5 Å². The maximum absolute atomic E-state index is 9.27. The van der Waals surface area contributed by atoms with Gasteiger partial charge in [-0.25, -0.2) is 0 Å². The van der Waals surface area contributed by atoms with E-state index in [2.05, 4.69) is 30.3 Å². The standard InChI is InChI=1S/C22H27NO4.ClH/c1-26-19-9-7-18-12-20(27-21(18)13-19)8-6-16-2-4-17(5-3-16)10-11-22(23,14-24)15-25;/h2-5,7,9,12-13,24-25H,6,8,10-11,14-15,23H2,1H3;1H. The van der Waals surface area contributed by atoms with Gasteiger partial charge in [0.2, 0.25) is 0 Å². The fourth-order valence-electron chi connectivity index (χ4n) is 3.06. The second kappa shape index (κ2) is 9.94. The Morgan fingerprint density at radius 3 is 2.18 bits per heavy atom. The molecular formula is C22H28ClNO4. The molecule has 0 fully saturated rings. The number of rotatable bonds is 9. The second-order valence-corrected chi connectivity index (χ2v) is 7.11. The molecule has 1 heterocycles. The number of benzene rings is 2. The van der Waals surface area contributed by atoms with Gasteiger partial charge in [0.05, 0.1) is 25.9 Å². The van der Waals surface area contributed by atoms with E-state index in [9.17, 15) is 10.2 Å². The minimum Gasteiger partial charge on any atom is -0.497 e. The molecule has 0 aliphatic rings. The molecule has 0 aliphatic heterocycles. The molecule has 0 amide bonds. The number of hydrogen-bond donors (Lipinski definition) is 3. The Morgan fingerprint density at radius 1 is 0.929 bits per heavy atom. The molecule has 0 aliphatic carbocycles. The van der Waals surface area contributed by atoms with Gasteiger partial charge >= 0.3 is 0 Å². The van der Waals surface area contributed by atoms with Crippen LogP contribution in [0, 0.1) is 0 Å². The van der Waals surface area contributed by atoms with Gasteiger partial charge in [-0.05, 0) is 48.6 Å². The smallest absolute Gasteiger partial charge is 0.137 e. The van der Waals surface area contributed by atoms with E-state index in [1.165, 1.54) is 5.56 Å². The van der Waals surface area contributed by atoms with Gasteiger partial charge in [-0.3, -0.25) is 0 Å². The van der Waals surface area contributed by atoms with Crippen LogP contribution in [0.25, 0.3) is 11.0 Å². The van der Waals surface area contributed by atoms with Crippen molar-refractivity contribution in [3.8, 4) is 5.75 Å². The predicted octanol–water partition coefficient (Wildman–Crippen LogP) is 3.26. The third-order valence-electron chi connectivity index (χ3n) is 5.00. The molecule has 0 spiro atoms. The van der Waals surface area contributed by atoms with Crippen LogP contribution >= 0.6 is 12.4 Å². The summed E-state index contributed by atoms with van der Waals surface area (Å²) < 4.78 is 11.1. The van der Waals surface area contributed by atoms with Crippen LogP contribution in [0.15, 0.2) is 52.9 Å². The molecule has 3 aromatic rings. The first-order valence-corrected chi connectivity index (χ1v) is 9.20. The number of hydrogen-bond acceptors (Lipinski definition) is 5. The molecule has 0 radical (unpaired) electrons. The van der Waals surface area contributed by atoms with Gasteiger partial charge in [-0.1, -0.05) is 24.3 Å². The quantitative estimate of drug-likeness (QED) is 0.508. The average molecular weight is 406 g/mol. The fourth-order valence-corrected chi connectivity index (χ4v) is 3.06. The number of aliphatic hydroxyl groups excluding tert-OH is 2. The van der Waals surface area contributed by atoms with Crippen LogP contribution in [0.3, 0.4) is 0 Å². The predicted molar refractivity (Wildman–Crippen MR) is 113 cm³/mol. The maximum Gasteiger partial charge on any atom is 0.137 e. The van der Waals surface area contributed by atoms with Crippen LogP contribution in [0.1, 0.15) is 23.3 Å². The third kappa shape index (κ3) is 5.49. The molecule has 0 bridgehead atoms. The number of fused-ring (bicyclic) bond motifs is 1. The number of ether oxygens (including phenoxy) is 1. The van der Waals surface area contributed by atoms with Crippen LogP contribution in [-0.2, 0) is 19.3 Å². The number of methoxy groups -OCH3 is 1. The number of aryl methyl sites for hydroxylation is 3. The topological polar surface area (TPSA) is 88.9 Å². The first-order valence-electron chi connectivity index (χ1n) is 9.20. The lowest BCUT2D eigenvalue weighted by atomic mass is 9.93. The Hall–Kier alpha value is -2.05. The minimum atomic E-state index is -0.914. The maximum atomic E-state index is 9.27. The highest BCUT2D eigenvalue weighted by molar-refractivity contribution is 5.85. The zero-order valence-electron chi connectivity index (χ0n) is 16.1. The monoisotopic (exact) mass is 405 g/mol. The van der Waals surface area contributed by atoms with Crippen LogP contribution in [0.5, 0.6) is 5.75 Å². The van der Waals surface area contributed by atoms with E-state index in [1.807, 2.05) is 18.2 Å². The Bertz CT molecular complexity index is 872. The summed E-state index contributed by atoms with van der Waals surface area (Å²) in [5, 5.41) is 19.6. The molecule has 0 saturated heterocycles. The highest BCUT2D eigenvalue weighted by Crippen LogP contribution is 2.25. The molecule has 4 N–H and O–H groups in total. The van der Waals surface area contributed by atoms with Gasteiger partial charge < -0.3 is 25.1 Å². The second-order valence-electron chi connectivity index (χ2n) is 7.11. The molecule has 152 valence electrons. The Balaban J connectivity index is 0.00000280.